The van der Waals surface area contributed by atoms with E-state index in [-0.39, 0.29) is 14.7 Å². The number of hydrogen-bond acceptors (Lipinski definition) is 2. The first kappa shape index (κ1) is 13.2. The molecule has 0 fully saturated rings. The zero-order valence-electron chi connectivity index (χ0n) is 10.1. The Morgan fingerprint density at radius 1 is 1.47 bits per heavy atom. The van der Waals surface area contributed by atoms with Crippen LogP contribution in [0.15, 0.2) is 11.8 Å². The number of allylic oxidation sites excluding steroid dienone is 2. The van der Waals surface area contributed by atoms with Gasteiger partial charge in [-0.3, -0.25) is 4.79 Å². The molecule has 0 N–H and O–H groups in total. The highest BCUT2D eigenvalue weighted by atomic mass is 127. The minimum atomic E-state index is -1.75. The van der Waals surface area contributed by atoms with Crippen LogP contribution >= 0.6 is 22.6 Å². The minimum absolute atomic E-state index is 0.0855. The smallest absolute Gasteiger partial charge is 0.250 e. The summed E-state index contributed by atoms with van der Waals surface area (Å²) in [4.78, 5) is 11.4. The number of hydrogen-bond donors (Lipinski definition) is 0. The standard InChI is InChI=1S/C11H19IO2Si/c1-11(2,3)15(4,5)14-8-6-9(12)10(13)7-8/h7,9H,6H2,1-5H3. The van der Waals surface area contributed by atoms with Crippen LogP contribution in [0, 0.1) is 0 Å². The fourth-order valence-corrected chi connectivity index (χ4v) is 2.85. The molecular weight excluding hydrogens is 319 g/mol. The van der Waals surface area contributed by atoms with E-state index in [2.05, 4.69) is 56.5 Å². The molecule has 0 heterocycles. The van der Waals surface area contributed by atoms with Crippen molar-refractivity contribution in [3.8, 4) is 0 Å². The maximum Gasteiger partial charge on any atom is 0.250 e. The Kier molecular flexibility index (Phi) is 3.70. The van der Waals surface area contributed by atoms with Crippen molar-refractivity contribution >= 4 is 36.7 Å². The van der Waals surface area contributed by atoms with E-state index >= 15 is 0 Å². The third kappa shape index (κ3) is 3.06. The maximum absolute atomic E-state index is 11.4. The first-order chi connectivity index (χ1) is 6.63. The summed E-state index contributed by atoms with van der Waals surface area (Å²) in [5, 5.41) is 0.195. The molecule has 86 valence electrons. The van der Waals surface area contributed by atoms with Crippen molar-refractivity contribution in [2.24, 2.45) is 0 Å². The summed E-state index contributed by atoms with van der Waals surface area (Å²) in [7, 11) is -1.75. The van der Waals surface area contributed by atoms with Crippen LogP contribution in [0.2, 0.25) is 18.1 Å². The van der Waals surface area contributed by atoms with Gasteiger partial charge < -0.3 is 4.43 Å². The number of carbonyl (C=O) groups is 1. The number of ketones is 1. The first-order valence-electron chi connectivity index (χ1n) is 5.21. The van der Waals surface area contributed by atoms with Gasteiger partial charge in [0.1, 0.15) is 0 Å². The van der Waals surface area contributed by atoms with Crippen LogP contribution < -0.4 is 0 Å². The zero-order valence-corrected chi connectivity index (χ0v) is 13.2. The normalized spacial score (nSPS) is 22.9. The Morgan fingerprint density at radius 3 is 2.33 bits per heavy atom. The molecule has 0 saturated carbocycles. The van der Waals surface area contributed by atoms with Gasteiger partial charge in [0.05, 0.1) is 9.68 Å². The molecule has 2 nitrogen and oxygen atoms in total. The fraction of sp³-hybridized carbons (Fsp3) is 0.727. The summed E-state index contributed by atoms with van der Waals surface area (Å²) < 4.78 is 6.16. The molecule has 0 saturated heterocycles. The molecule has 0 amide bonds. The van der Waals surface area contributed by atoms with Crippen molar-refractivity contribution in [1.29, 1.82) is 0 Å². The highest BCUT2D eigenvalue weighted by molar-refractivity contribution is 14.1. The van der Waals surface area contributed by atoms with Gasteiger partial charge in [0.15, 0.2) is 5.78 Å². The average Bonchev–Trinajstić information content (AvgIpc) is 2.27. The summed E-state index contributed by atoms with van der Waals surface area (Å²) >= 11 is 2.18. The van der Waals surface area contributed by atoms with Gasteiger partial charge in [-0.05, 0) is 18.1 Å². The van der Waals surface area contributed by atoms with Crippen molar-refractivity contribution in [2.45, 2.75) is 49.2 Å². The predicted octanol–water partition coefficient (Wildman–Crippen LogP) is 3.67. The molecule has 0 aromatic heterocycles. The first-order valence-corrected chi connectivity index (χ1v) is 9.36. The maximum atomic E-state index is 11.4. The van der Waals surface area contributed by atoms with E-state index in [0.29, 0.717) is 0 Å². The summed E-state index contributed by atoms with van der Waals surface area (Å²) in [6.45, 7) is 11.0. The van der Waals surface area contributed by atoms with Crippen LogP contribution in [0.5, 0.6) is 0 Å². The summed E-state index contributed by atoms with van der Waals surface area (Å²) in [5.41, 5.74) is 0. The minimum Gasteiger partial charge on any atom is -0.546 e. The second-order valence-corrected chi connectivity index (χ2v) is 11.8. The third-order valence-electron chi connectivity index (χ3n) is 3.18. The lowest BCUT2D eigenvalue weighted by Gasteiger charge is -2.36. The zero-order chi connectivity index (χ0) is 11.9. The summed E-state index contributed by atoms with van der Waals surface area (Å²) in [5.74, 6) is 1.09. The molecule has 15 heavy (non-hydrogen) atoms. The molecule has 0 aromatic carbocycles. The summed E-state index contributed by atoms with van der Waals surface area (Å²) in [6.07, 6.45) is 2.45. The molecule has 0 bridgehead atoms. The molecule has 1 rings (SSSR count). The topological polar surface area (TPSA) is 26.3 Å². The van der Waals surface area contributed by atoms with Crippen molar-refractivity contribution < 1.29 is 9.22 Å². The summed E-state index contributed by atoms with van der Waals surface area (Å²) in [6, 6.07) is 0. The van der Waals surface area contributed by atoms with Crippen molar-refractivity contribution in [2.75, 3.05) is 0 Å². The lowest BCUT2D eigenvalue weighted by atomic mass is 10.2. The van der Waals surface area contributed by atoms with Gasteiger partial charge in [-0.25, -0.2) is 0 Å². The van der Waals surface area contributed by atoms with E-state index in [4.69, 9.17) is 4.43 Å². The van der Waals surface area contributed by atoms with Gasteiger partial charge in [0.2, 0.25) is 8.32 Å². The van der Waals surface area contributed by atoms with Crippen molar-refractivity contribution in [3.63, 3.8) is 0 Å². The number of alkyl halides is 1. The molecule has 1 aliphatic rings. The van der Waals surface area contributed by atoms with Crippen molar-refractivity contribution in [1.82, 2.24) is 0 Å². The van der Waals surface area contributed by atoms with E-state index in [0.717, 1.165) is 12.2 Å². The molecule has 0 aromatic rings. The van der Waals surface area contributed by atoms with Crippen LogP contribution in [-0.4, -0.2) is 18.0 Å². The molecule has 4 heteroatoms. The van der Waals surface area contributed by atoms with Gasteiger partial charge in [-0.2, -0.15) is 0 Å². The van der Waals surface area contributed by atoms with E-state index in [1.165, 1.54) is 0 Å². The third-order valence-corrected chi connectivity index (χ3v) is 8.62. The van der Waals surface area contributed by atoms with E-state index < -0.39 is 8.32 Å². The second kappa shape index (κ2) is 4.20. The largest absolute Gasteiger partial charge is 0.546 e. The number of rotatable bonds is 2. The van der Waals surface area contributed by atoms with Crippen LogP contribution in [0.4, 0.5) is 0 Å². The number of carbonyl (C=O) groups excluding carboxylic acids is 1. The Morgan fingerprint density at radius 2 is 2.00 bits per heavy atom. The van der Waals surface area contributed by atoms with E-state index in [1.54, 1.807) is 6.08 Å². The predicted molar refractivity (Wildman–Crippen MR) is 73.8 cm³/mol. The molecular formula is C11H19IO2Si. The SMILES string of the molecule is CC(C)(C)[Si](C)(C)OC1=CC(=O)C(I)C1. The Bertz CT molecular complexity index is 302. The molecule has 0 spiro atoms. The van der Waals surface area contributed by atoms with Gasteiger partial charge in [-0.1, -0.05) is 43.4 Å². The molecule has 1 aliphatic carbocycles. The molecule has 1 atom stereocenters. The van der Waals surface area contributed by atoms with Crippen LogP contribution in [-0.2, 0) is 9.22 Å². The van der Waals surface area contributed by atoms with Crippen molar-refractivity contribution in [3.05, 3.63) is 11.8 Å². The fourth-order valence-electron chi connectivity index (χ4n) is 1.14. The Balaban J connectivity index is 2.72. The highest BCUT2D eigenvalue weighted by Crippen LogP contribution is 2.39. The van der Waals surface area contributed by atoms with E-state index in [1.807, 2.05) is 0 Å². The van der Waals surface area contributed by atoms with Crippen LogP contribution in [0.3, 0.4) is 0 Å². The van der Waals surface area contributed by atoms with E-state index in [9.17, 15) is 4.79 Å². The van der Waals surface area contributed by atoms with Gasteiger partial charge in [0.25, 0.3) is 0 Å². The van der Waals surface area contributed by atoms with Gasteiger partial charge in [-0.15, -0.1) is 0 Å². The van der Waals surface area contributed by atoms with Crippen LogP contribution in [0.25, 0.3) is 0 Å². The Hall–Kier alpha value is 0.157. The lowest BCUT2D eigenvalue weighted by molar-refractivity contribution is -0.113. The monoisotopic (exact) mass is 338 g/mol. The van der Waals surface area contributed by atoms with Gasteiger partial charge >= 0.3 is 0 Å². The lowest BCUT2D eigenvalue weighted by Crippen LogP contribution is -2.40. The molecule has 1 unspecified atom stereocenters. The molecule has 0 aliphatic heterocycles. The highest BCUT2D eigenvalue weighted by Gasteiger charge is 2.40. The number of halogens is 1. The average molecular weight is 338 g/mol. The van der Waals surface area contributed by atoms with Gasteiger partial charge in [0, 0.05) is 12.5 Å². The Labute approximate surface area is 107 Å². The molecule has 0 radical (unpaired) electrons. The van der Waals surface area contributed by atoms with Crippen LogP contribution in [0.1, 0.15) is 27.2 Å². The quantitative estimate of drug-likeness (QED) is 0.436. The second-order valence-electron chi connectivity index (χ2n) is 5.55.